The second-order valence-electron chi connectivity index (χ2n) is 7.97. The minimum atomic E-state index is -3.56. The van der Waals surface area contributed by atoms with E-state index in [0.29, 0.717) is 17.8 Å². The highest BCUT2D eigenvalue weighted by Crippen LogP contribution is 2.24. The van der Waals surface area contributed by atoms with Gasteiger partial charge in [-0.2, -0.15) is 0 Å². The van der Waals surface area contributed by atoms with Crippen LogP contribution in [0.2, 0.25) is 0 Å². The van der Waals surface area contributed by atoms with Crippen molar-refractivity contribution in [3.63, 3.8) is 0 Å². The number of anilines is 2. The molecule has 0 saturated carbocycles. The molecule has 2 aromatic carbocycles. The zero-order valence-electron chi connectivity index (χ0n) is 17.6. The van der Waals surface area contributed by atoms with Crippen LogP contribution in [0.1, 0.15) is 24.6 Å². The molecule has 0 spiro atoms. The summed E-state index contributed by atoms with van der Waals surface area (Å²) in [6, 6.07) is 17.0. The number of sulfonamides is 1. The maximum atomic E-state index is 12.5. The van der Waals surface area contributed by atoms with Crippen molar-refractivity contribution in [3.05, 3.63) is 71.2 Å². The third-order valence-corrected chi connectivity index (χ3v) is 7.74. The van der Waals surface area contributed by atoms with Crippen LogP contribution in [0.15, 0.2) is 71.2 Å². The zero-order valence-corrected chi connectivity index (χ0v) is 19.2. The van der Waals surface area contributed by atoms with Gasteiger partial charge in [0, 0.05) is 47.6 Å². The minimum absolute atomic E-state index is 0.262. The molecule has 1 saturated heterocycles. The summed E-state index contributed by atoms with van der Waals surface area (Å²) in [6.45, 7) is 4.21. The van der Waals surface area contributed by atoms with Crippen molar-refractivity contribution in [1.82, 2.24) is 10.3 Å². The Morgan fingerprint density at radius 2 is 1.81 bits per heavy atom. The smallest absolute Gasteiger partial charge is 0.261 e. The zero-order chi connectivity index (χ0) is 21.7. The Kier molecular flexibility index (Phi) is 6.89. The van der Waals surface area contributed by atoms with Gasteiger partial charge in [-0.25, -0.2) is 8.42 Å². The first-order valence-corrected chi connectivity index (χ1v) is 12.9. The van der Waals surface area contributed by atoms with Crippen molar-refractivity contribution in [3.8, 4) is 0 Å². The van der Waals surface area contributed by atoms with Crippen molar-refractivity contribution in [2.24, 2.45) is 0 Å². The summed E-state index contributed by atoms with van der Waals surface area (Å²) in [7, 11) is -3.56. The Labute approximate surface area is 188 Å². The van der Waals surface area contributed by atoms with Crippen LogP contribution >= 0.6 is 11.3 Å². The van der Waals surface area contributed by atoms with E-state index in [1.165, 1.54) is 4.88 Å². The van der Waals surface area contributed by atoms with Crippen molar-refractivity contribution >= 4 is 32.7 Å². The van der Waals surface area contributed by atoms with Gasteiger partial charge in [0.2, 0.25) is 0 Å². The third-order valence-electron chi connectivity index (χ3n) is 5.54. The predicted molar refractivity (Wildman–Crippen MR) is 127 cm³/mol. The lowest BCUT2D eigenvalue weighted by molar-refractivity contribution is 0.376. The second kappa shape index (κ2) is 9.80. The highest BCUT2D eigenvalue weighted by atomic mass is 32.2. The van der Waals surface area contributed by atoms with Crippen molar-refractivity contribution in [2.45, 2.75) is 43.2 Å². The first-order chi connectivity index (χ1) is 15.0. The van der Waals surface area contributed by atoms with Crippen LogP contribution in [0.3, 0.4) is 0 Å². The number of thiazole rings is 1. The Morgan fingerprint density at radius 3 is 2.45 bits per heavy atom. The van der Waals surface area contributed by atoms with Gasteiger partial charge in [0.05, 0.1) is 10.4 Å². The number of rotatable bonds is 8. The first kappa shape index (κ1) is 21.8. The Morgan fingerprint density at radius 1 is 1.10 bits per heavy atom. The fourth-order valence-corrected chi connectivity index (χ4v) is 5.77. The lowest BCUT2D eigenvalue weighted by Gasteiger charge is -2.35. The molecule has 1 fully saturated rings. The van der Waals surface area contributed by atoms with Gasteiger partial charge < -0.3 is 10.2 Å². The molecule has 164 valence electrons. The molecule has 1 atom stereocenters. The molecule has 1 aliphatic heterocycles. The lowest BCUT2D eigenvalue weighted by atomic mass is 10.0. The molecule has 6 nitrogen and oxygen atoms in total. The normalized spacial score (nSPS) is 16.2. The quantitative estimate of drug-likeness (QED) is 0.533. The van der Waals surface area contributed by atoms with Crippen LogP contribution in [0, 0.1) is 0 Å². The van der Waals surface area contributed by atoms with E-state index in [9.17, 15) is 8.42 Å². The van der Waals surface area contributed by atoms with Crippen LogP contribution in [0.4, 0.5) is 11.4 Å². The Balaban J connectivity index is 1.28. The van der Waals surface area contributed by atoms with Crippen LogP contribution in [0.5, 0.6) is 0 Å². The molecule has 2 heterocycles. The molecule has 0 aliphatic carbocycles. The summed E-state index contributed by atoms with van der Waals surface area (Å²) in [5.74, 6) is 0. The van der Waals surface area contributed by atoms with E-state index in [-0.39, 0.29) is 4.90 Å². The standard InChI is InChI=1S/C23H28N4O2S2/c1-18(15-22-16-24-17-30-22)25-19-11-13-27(14-12-19)21-9-7-20(8-10-21)26-31(28,29)23-5-3-2-4-6-23/h2-10,16-19,25-26H,11-15H2,1H3/t18-/m0/s1. The summed E-state index contributed by atoms with van der Waals surface area (Å²) in [5.41, 5.74) is 3.58. The van der Waals surface area contributed by atoms with Gasteiger partial charge in [0.15, 0.2) is 0 Å². The number of piperidine rings is 1. The molecule has 0 bridgehead atoms. The molecule has 0 radical (unpaired) electrons. The van der Waals surface area contributed by atoms with E-state index >= 15 is 0 Å². The predicted octanol–water partition coefficient (Wildman–Crippen LogP) is 4.13. The number of nitrogens with one attached hydrogen (secondary N) is 2. The van der Waals surface area contributed by atoms with Crippen LogP contribution < -0.4 is 14.9 Å². The minimum Gasteiger partial charge on any atom is -0.371 e. The molecule has 4 rings (SSSR count). The maximum absolute atomic E-state index is 12.5. The molecule has 1 aliphatic rings. The highest BCUT2D eigenvalue weighted by molar-refractivity contribution is 7.92. The van der Waals surface area contributed by atoms with Crippen molar-refractivity contribution in [1.29, 1.82) is 0 Å². The van der Waals surface area contributed by atoms with Crippen molar-refractivity contribution < 1.29 is 8.42 Å². The monoisotopic (exact) mass is 456 g/mol. The summed E-state index contributed by atoms with van der Waals surface area (Å²) >= 11 is 1.71. The van der Waals surface area contributed by atoms with Gasteiger partial charge in [-0.3, -0.25) is 9.71 Å². The molecular formula is C23H28N4O2S2. The second-order valence-corrected chi connectivity index (χ2v) is 10.6. The van der Waals surface area contributed by atoms with Gasteiger partial charge in [0.25, 0.3) is 10.0 Å². The van der Waals surface area contributed by atoms with E-state index in [2.05, 4.69) is 26.8 Å². The fourth-order valence-electron chi connectivity index (χ4n) is 3.96. The highest BCUT2D eigenvalue weighted by Gasteiger charge is 2.21. The SMILES string of the molecule is C[C@@H](Cc1cncs1)NC1CCN(c2ccc(NS(=O)(=O)c3ccccc3)cc2)CC1. The number of nitrogens with zero attached hydrogens (tertiary/aromatic N) is 2. The van der Waals surface area contributed by atoms with Gasteiger partial charge in [-0.15, -0.1) is 11.3 Å². The summed E-state index contributed by atoms with van der Waals surface area (Å²) < 4.78 is 27.6. The van der Waals surface area contributed by atoms with E-state index in [0.717, 1.165) is 38.0 Å². The molecule has 3 aromatic rings. The number of hydrogen-bond donors (Lipinski definition) is 2. The summed E-state index contributed by atoms with van der Waals surface area (Å²) in [5, 5.41) is 3.76. The van der Waals surface area contributed by atoms with Crippen LogP contribution in [-0.2, 0) is 16.4 Å². The fraction of sp³-hybridized carbons (Fsp3) is 0.348. The summed E-state index contributed by atoms with van der Waals surface area (Å²) in [4.78, 5) is 8.10. The first-order valence-electron chi connectivity index (χ1n) is 10.6. The van der Waals surface area contributed by atoms with Gasteiger partial charge in [-0.1, -0.05) is 18.2 Å². The number of hydrogen-bond acceptors (Lipinski definition) is 6. The van der Waals surface area contributed by atoms with E-state index in [4.69, 9.17) is 0 Å². The molecule has 0 unspecified atom stereocenters. The number of benzene rings is 2. The molecule has 2 N–H and O–H groups in total. The van der Waals surface area contributed by atoms with E-state index < -0.39 is 10.0 Å². The summed E-state index contributed by atoms with van der Waals surface area (Å²) in [6.07, 6.45) is 5.16. The van der Waals surface area contributed by atoms with Gasteiger partial charge in [0.1, 0.15) is 0 Å². The lowest BCUT2D eigenvalue weighted by Crippen LogP contribution is -2.46. The molecule has 0 amide bonds. The molecular weight excluding hydrogens is 428 g/mol. The molecule has 31 heavy (non-hydrogen) atoms. The van der Waals surface area contributed by atoms with Crippen molar-refractivity contribution in [2.75, 3.05) is 22.7 Å². The van der Waals surface area contributed by atoms with E-state index in [1.54, 1.807) is 41.7 Å². The van der Waals surface area contributed by atoms with Crippen LogP contribution in [0.25, 0.3) is 0 Å². The van der Waals surface area contributed by atoms with Crippen LogP contribution in [-0.4, -0.2) is 38.6 Å². The average molecular weight is 457 g/mol. The Bertz CT molecular complexity index is 1050. The average Bonchev–Trinajstić information content (AvgIpc) is 3.28. The topological polar surface area (TPSA) is 74.3 Å². The number of aromatic nitrogens is 1. The molecule has 1 aromatic heterocycles. The largest absolute Gasteiger partial charge is 0.371 e. The van der Waals surface area contributed by atoms with E-state index in [1.807, 2.05) is 36.0 Å². The van der Waals surface area contributed by atoms with Gasteiger partial charge >= 0.3 is 0 Å². The third kappa shape index (κ3) is 5.84. The molecule has 8 heteroatoms. The Hall–Kier alpha value is -2.42. The maximum Gasteiger partial charge on any atom is 0.261 e. The van der Waals surface area contributed by atoms with Gasteiger partial charge in [-0.05, 0) is 62.6 Å².